The minimum absolute atomic E-state index is 0.0635. The third kappa shape index (κ3) is 4.82. The summed E-state index contributed by atoms with van der Waals surface area (Å²) in [4.78, 5) is 12.5. The number of hydrogen-bond donors (Lipinski definition) is 1. The second-order valence-electron chi connectivity index (χ2n) is 6.12. The first-order valence-corrected chi connectivity index (χ1v) is 9.98. The van der Waals surface area contributed by atoms with Crippen LogP contribution < -0.4 is 9.62 Å². The predicted molar refractivity (Wildman–Crippen MR) is 101 cm³/mol. The number of carbonyl (C=O) groups is 1. The Morgan fingerprint density at radius 2 is 1.64 bits per heavy atom. The van der Waals surface area contributed by atoms with E-state index in [1.165, 1.54) is 16.9 Å². The van der Waals surface area contributed by atoms with Gasteiger partial charge in [0.2, 0.25) is 10.0 Å². The number of benzene rings is 2. The van der Waals surface area contributed by atoms with Crippen LogP contribution in [0.3, 0.4) is 0 Å². The highest BCUT2D eigenvalue weighted by Gasteiger charge is 2.16. The van der Waals surface area contributed by atoms with Crippen molar-refractivity contribution in [3.8, 4) is 0 Å². The van der Waals surface area contributed by atoms with Crippen molar-refractivity contribution >= 4 is 21.6 Å². The minimum Gasteiger partial charge on any atom is -0.345 e. The van der Waals surface area contributed by atoms with Crippen molar-refractivity contribution in [2.75, 3.05) is 17.6 Å². The Bertz CT molecular complexity index is 828. The lowest BCUT2D eigenvalue weighted by Crippen LogP contribution is -2.28. The zero-order valence-corrected chi connectivity index (χ0v) is 15.8. The Morgan fingerprint density at radius 1 is 1.08 bits per heavy atom. The molecule has 1 atom stereocenters. The minimum atomic E-state index is -3.32. The number of carbonyl (C=O) groups excluding carboxylic acids is 1. The lowest BCUT2D eigenvalue weighted by atomic mass is 10.0. The Hall–Kier alpha value is -2.34. The molecule has 0 radical (unpaired) electrons. The van der Waals surface area contributed by atoms with Crippen molar-refractivity contribution in [3.05, 3.63) is 65.2 Å². The molecule has 0 aliphatic rings. The summed E-state index contributed by atoms with van der Waals surface area (Å²) in [6, 6.07) is 14.6. The van der Waals surface area contributed by atoms with E-state index in [4.69, 9.17) is 0 Å². The first-order chi connectivity index (χ1) is 11.7. The van der Waals surface area contributed by atoms with Crippen LogP contribution in [0.25, 0.3) is 0 Å². The molecule has 0 aliphatic carbocycles. The molecule has 2 aromatic carbocycles. The number of hydrogen-bond acceptors (Lipinski definition) is 3. The largest absolute Gasteiger partial charge is 0.345 e. The SMILES string of the molecule is CCC(NC(=O)c1ccc(N(C)S(C)(=O)=O)cc1)c1ccc(C)cc1. The van der Waals surface area contributed by atoms with Crippen LogP contribution in [0, 0.1) is 6.92 Å². The summed E-state index contributed by atoms with van der Waals surface area (Å²) in [5.74, 6) is -0.180. The summed E-state index contributed by atoms with van der Waals surface area (Å²) < 4.78 is 24.3. The normalized spacial score (nSPS) is 12.5. The quantitative estimate of drug-likeness (QED) is 0.860. The molecule has 6 heteroatoms. The summed E-state index contributed by atoms with van der Waals surface area (Å²) in [5, 5.41) is 3.03. The molecule has 0 spiro atoms. The van der Waals surface area contributed by atoms with Gasteiger partial charge in [-0.05, 0) is 43.2 Å². The summed E-state index contributed by atoms with van der Waals surface area (Å²) in [6.45, 7) is 4.05. The highest BCUT2D eigenvalue weighted by atomic mass is 32.2. The van der Waals surface area contributed by atoms with E-state index >= 15 is 0 Å². The molecule has 0 aliphatic heterocycles. The van der Waals surface area contributed by atoms with Crippen molar-refractivity contribution in [3.63, 3.8) is 0 Å². The number of amides is 1. The first-order valence-electron chi connectivity index (χ1n) is 8.13. The molecule has 134 valence electrons. The van der Waals surface area contributed by atoms with Crippen LogP contribution >= 0.6 is 0 Å². The Kier molecular flexibility index (Phi) is 5.85. The molecule has 25 heavy (non-hydrogen) atoms. The summed E-state index contributed by atoms with van der Waals surface area (Å²) >= 11 is 0. The van der Waals surface area contributed by atoms with Crippen molar-refractivity contribution in [2.24, 2.45) is 0 Å². The molecule has 5 nitrogen and oxygen atoms in total. The smallest absolute Gasteiger partial charge is 0.251 e. The highest BCUT2D eigenvalue weighted by molar-refractivity contribution is 7.92. The average molecular weight is 360 g/mol. The molecule has 0 saturated carbocycles. The fourth-order valence-electron chi connectivity index (χ4n) is 2.48. The number of aryl methyl sites for hydroxylation is 1. The van der Waals surface area contributed by atoms with Crippen LogP contribution in [0.1, 0.15) is 40.9 Å². The maximum atomic E-state index is 12.5. The molecule has 0 saturated heterocycles. The van der Waals surface area contributed by atoms with E-state index in [-0.39, 0.29) is 11.9 Å². The van der Waals surface area contributed by atoms with Gasteiger partial charge in [0.25, 0.3) is 5.91 Å². The van der Waals surface area contributed by atoms with Gasteiger partial charge in [-0.1, -0.05) is 36.8 Å². The number of rotatable bonds is 6. The number of anilines is 1. The summed E-state index contributed by atoms with van der Waals surface area (Å²) in [7, 11) is -1.84. The fourth-order valence-corrected chi connectivity index (χ4v) is 2.98. The average Bonchev–Trinajstić information content (AvgIpc) is 2.59. The molecule has 0 bridgehead atoms. The van der Waals surface area contributed by atoms with Crippen molar-refractivity contribution in [2.45, 2.75) is 26.3 Å². The molecular weight excluding hydrogens is 336 g/mol. The van der Waals surface area contributed by atoms with Crippen LogP contribution in [0.4, 0.5) is 5.69 Å². The molecule has 0 heterocycles. The Labute approximate surface area is 149 Å². The molecule has 1 unspecified atom stereocenters. The van der Waals surface area contributed by atoms with Gasteiger partial charge in [0.1, 0.15) is 0 Å². The van der Waals surface area contributed by atoms with Gasteiger partial charge in [-0.25, -0.2) is 8.42 Å². The molecule has 0 aromatic heterocycles. The van der Waals surface area contributed by atoms with Gasteiger partial charge in [0.15, 0.2) is 0 Å². The second kappa shape index (κ2) is 7.70. The molecule has 0 fully saturated rings. The standard InChI is InChI=1S/C19H24N2O3S/c1-5-18(15-8-6-14(2)7-9-15)20-19(22)16-10-12-17(13-11-16)21(3)25(4,23)24/h6-13,18H,5H2,1-4H3,(H,20,22). The van der Waals surface area contributed by atoms with Crippen molar-refractivity contribution < 1.29 is 13.2 Å². The van der Waals surface area contributed by atoms with Crippen LogP contribution in [0.2, 0.25) is 0 Å². The first kappa shape index (κ1) is 19.0. The maximum Gasteiger partial charge on any atom is 0.251 e. The number of nitrogens with one attached hydrogen (secondary N) is 1. The fraction of sp³-hybridized carbons (Fsp3) is 0.316. The van der Waals surface area contributed by atoms with Gasteiger partial charge >= 0.3 is 0 Å². The van der Waals surface area contributed by atoms with Crippen molar-refractivity contribution in [1.82, 2.24) is 5.32 Å². The van der Waals surface area contributed by atoms with Gasteiger partial charge in [-0.3, -0.25) is 9.10 Å². The lowest BCUT2D eigenvalue weighted by Gasteiger charge is -2.19. The number of sulfonamides is 1. The van der Waals surface area contributed by atoms with E-state index in [0.29, 0.717) is 11.3 Å². The lowest BCUT2D eigenvalue weighted by molar-refractivity contribution is 0.0935. The Morgan fingerprint density at radius 3 is 2.12 bits per heavy atom. The molecule has 1 N–H and O–H groups in total. The summed E-state index contributed by atoms with van der Waals surface area (Å²) in [6.07, 6.45) is 1.92. The van der Waals surface area contributed by atoms with Gasteiger partial charge in [-0.2, -0.15) is 0 Å². The monoisotopic (exact) mass is 360 g/mol. The molecule has 1 amide bonds. The van der Waals surface area contributed by atoms with E-state index in [1.54, 1.807) is 24.3 Å². The zero-order valence-electron chi connectivity index (χ0n) is 15.0. The van der Waals surface area contributed by atoms with Crippen LogP contribution in [0.15, 0.2) is 48.5 Å². The molecule has 2 rings (SSSR count). The van der Waals surface area contributed by atoms with E-state index in [2.05, 4.69) is 5.32 Å². The van der Waals surface area contributed by atoms with Crippen LogP contribution in [0.5, 0.6) is 0 Å². The molecule has 2 aromatic rings. The predicted octanol–water partition coefficient (Wildman–Crippen LogP) is 3.27. The topological polar surface area (TPSA) is 66.5 Å². The third-order valence-electron chi connectivity index (χ3n) is 4.18. The van der Waals surface area contributed by atoms with Gasteiger partial charge in [0.05, 0.1) is 18.0 Å². The van der Waals surface area contributed by atoms with Gasteiger partial charge in [0, 0.05) is 12.6 Å². The molecular formula is C19H24N2O3S. The maximum absolute atomic E-state index is 12.5. The van der Waals surface area contributed by atoms with Crippen LogP contribution in [-0.2, 0) is 10.0 Å². The van der Waals surface area contributed by atoms with Crippen LogP contribution in [-0.4, -0.2) is 27.6 Å². The summed E-state index contributed by atoms with van der Waals surface area (Å²) in [5.41, 5.74) is 3.26. The number of nitrogens with zero attached hydrogens (tertiary/aromatic N) is 1. The van der Waals surface area contributed by atoms with E-state index in [9.17, 15) is 13.2 Å². The van der Waals surface area contributed by atoms with E-state index in [1.807, 2.05) is 38.1 Å². The van der Waals surface area contributed by atoms with E-state index in [0.717, 1.165) is 18.2 Å². The van der Waals surface area contributed by atoms with E-state index < -0.39 is 10.0 Å². The van der Waals surface area contributed by atoms with Gasteiger partial charge in [-0.15, -0.1) is 0 Å². The third-order valence-corrected chi connectivity index (χ3v) is 5.39. The second-order valence-corrected chi connectivity index (χ2v) is 8.14. The Balaban J connectivity index is 2.13. The van der Waals surface area contributed by atoms with Gasteiger partial charge < -0.3 is 5.32 Å². The van der Waals surface area contributed by atoms with Crippen molar-refractivity contribution in [1.29, 1.82) is 0 Å². The zero-order chi connectivity index (χ0) is 18.6. The highest BCUT2D eigenvalue weighted by Crippen LogP contribution is 2.20.